The van der Waals surface area contributed by atoms with Crippen molar-refractivity contribution in [1.82, 2.24) is 0 Å². The first-order valence-corrected chi connectivity index (χ1v) is 8.00. The van der Waals surface area contributed by atoms with E-state index in [1.54, 1.807) is 0 Å². The Kier molecular flexibility index (Phi) is 4.40. The van der Waals surface area contributed by atoms with Crippen LogP contribution in [0.4, 0.5) is 22.7 Å². The SMILES string of the molecule is O=C1CC(CS(=O)(=O)F)CN1c1ccc(C(F)(F)F)c(Cl)c1. The molecule has 1 amide bonds. The Labute approximate surface area is 128 Å². The Hall–Kier alpha value is -1.35. The van der Waals surface area contributed by atoms with E-state index in [0.717, 1.165) is 23.1 Å². The van der Waals surface area contributed by atoms with E-state index in [1.807, 2.05) is 0 Å². The summed E-state index contributed by atoms with van der Waals surface area (Å²) in [7, 11) is -4.72. The molecule has 0 aromatic heterocycles. The second kappa shape index (κ2) is 5.69. The Morgan fingerprint density at radius 2 is 1.95 bits per heavy atom. The largest absolute Gasteiger partial charge is 0.417 e. The molecule has 0 radical (unpaired) electrons. The quantitative estimate of drug-likeness (QED) is 0.616. The van der Waals surface area contributed by atoms with Gasteiger partial charge in [0.25, 0.3) is 0 Å². The number of carbonyl (C=O) groups excluding carboxylic acids is 1. The van der Waals surface area contributed by atoms with Crippen LogP contribution in [0.3, 0.4) is 0 Å². The fraction of sp³-hybridized carbons (Fsp3) is 0.417. The Balaban J connectivity index is 2.22. The van der Waals surface area contributed by atoms with E-state index >= 15 is 0 Å². The first-order chi connectivity index (χ1) is 9.97. The highest BCUT2D eigenvalue weighted by Crippen LogP contribution is 2.37. The van der Waals surface area contributed by atoms with E-state index in [2.05, 4.69) is 0 Å². The van der Waals surface area contributed by atoms with Gasteiger partial charge in [0.05, 0.1) is 16.3 Å². The first kappa shape index (κ1) is 17.0. The Morgan fingerprint density at radius 1 is 1.32 bits per heavy atom. The molecule has 122 valence electrons. The van der Waals surface area contributed by atoms with Crippen molar-refractivity contribution in [2.24, 2.45) is 5.92 Å². The molecule has 1 heterocycles. The third-order valence-corrected chi connectivity index (χ3v) is 4.39. The number of halogens is 5. The van der Waals surface area contributed by atoms with Gasteiger partial charge in [-0.2, -0.15) is 21.6 Å². The van der Waals surface area contributed by atoms with Crippen LogP contribution in [0.5, 0.6) is 0 Å². The molecule has 0 spiro atoms. The van der Waals surface area contributed by atoms with Crippen LogP contribution in [-0.4, -0.2) is 26.6 Å². The number of amides is 1. The van der Waals surface area contributed by atoms with E-state index < -0.39 is 44.6 Å². The maximum absolute atomic E-state index is 12.6. The maximum atomic E-state index is 12.6. The van der Waals surface area contributed by atoms with E-state index in [0.29, 0.717) is 0 Å². The van der Waals surface area contributed by atoms with Crippen molar-refractivity contribution < 1.29 is 30.3 Å². The number of nitrogens with zero attached hydrogens (tertiary/aromatic N) is 1. The summed E-state index contributed by atoms with van der Waals surface area (Å²) in [6.45, 7) is -0.0936. The summed E-state index contributed by atoms with van der Waals surface area (Å²) in [5.41, 5.74) is -0.922. The molecule has 2 rings (SSSR count). The van der Waals surface area contributed by atoms with Crippen LogP contribution < -0.4 is 4.90 Å². The molecular formula is C12H10ClF4NO3S. The molecule has 4 nitrogen and oxygen atoms in total. The van der Waals surface area contributed by atoms with Crippen molar-refractivity contribution in [2.75, 3.05) is 17.2 Å². The lowest BCUT2D eigenvalue weighted by atomic mass is 10.1. The molecule has 22 heavy (non-hydrogen) atoms. The molecule has 0 saturated carbocycles. The van der Waals surface area contributed by atoms with Crippen molar-refractivity contribution in [3.05, 3.63) is 28.8 Å². The van der Waals surface area contributed by atoms with Crippen LogP contribution in [0.1, 0.15) is 12.0 Å². The lowest BCUT2D eigenvalue weighted by Crippen LogP contribution is -2.25. The van der Waals surface area contributed by atoms with Crippen molar-refractivity contribution in [3.8, 4) is 0 Å². The lowest BCUT2D eigenvalue weighted by molar-refractivity contribution is -0.137. The molecule has 0 bridgehead atoms. The minimum absolute atomic E-state index is 0.0936. The highest BCUT2D eigenvalue weighted by Gasteiger charge is 2.36. The van der Waals surface area contributed by atoms with Gasteiger partial charge in [0, 0.05) is 24.6 Å². The van der Waals surface area contributed by atoms with E-state index in [9.17, 15) is 30.3 Å². The third-order valence-electron chi connectivity index (χ3n) is 3.21. The van der Waals surface area contributed by atoms with Crippen LogP contribution in [0.2, 0.25) is 5.02 Å². The van der Waals surface area contributed by atoms with E-state index in [1.165, 1.54) is 0 Å². The molecule has 1 aromatic carbocycles. The zero-order valence-corrected chi connectivity index (χ0v) is 12.5. The fourth-order valence-electron chi connectivity index (χ4n) is 2.33. The number of hydrogen-bond acceptors (Lipinski definition) is 3. The van der Waals surface area contributed by atoms with E-state index in [-0.39, 0.29) is 18.7 Å². The van der Waals surface area contributed by atoms with Gasteiger partial charge in [-0.05, 0) is 18.2 Å². The van der Waals surface area contributed by atoms with E-state index in [4.69, 9.17) is 11.6 Å². The zero-order chi connectivity index (χ0) is 16.7. The molecule has 1 aromatic rings. The van der Waals surface area contributed by atoms with Crippen LogP contribution in [0.15, 0.2) is 18.2 Å². The number of rotatable bonds is 3. The summed E-state index contributed by atoms with van der Waals surface area (Å²) in [6, 6.07) is 2.79. The first-order valence-electron chi connectivity index (χ1n) is 6.07. The second-order valence-corrected chi connectivity index (χ2v) is 6.76. The molecule has 1 unspecified atom stereocenters. The summed E-state index contributed by atoms with van der Waals surface area (Å²) in [4.78, 5) is 12.9. The fourth-order valence-corrected chi connectivity index (χ4v) is 3.39. The minimum atomic E-state index is -4.72. The second-order valence-electron chi connectivity index (χ2n) is 4.94. The van der Waals surface area contributed by atoms with Crippen molar-refractivity contribution >= 4 is 33.4 Å². The lowest BCUT2D eigenvalue weighted by Gasteiger charge is -2.18. The molecule has 1 atom stereocenters. The number of benzene rings is 1. The molecule has 1 aliphatic rings. The number of hydrogen-bond donors (Lipinski definition) is 0. The monoisotopic (exact) mass is 359 g/mol. The van der Waals surface area contributed by atoms with Gasteiger partial charge in [-0.3, -0.25) is 4.79 Å². The van der Waals surface area contributed by atoms with Gasteiger partial charge in [-0.1, -0.05) is 11.6 Å². The highest BCUT2D eigenvalue weighted by molar-refractivity contribution is 7.86. The van der Waals surface area contributed by atoms with Gasteiger partial charge >= 0.3 is 16.4 Å². The average Bonchev–Trinajstić information content (AvgIpc) is 2.65. The summed E-state index contributed by atoms with van der Waals surface area (Å²) >= 11 is 5.57. The van der Waals surface area contributed by atoms with Crippen LogP contribution in [-0.2, 0) is 21.2 Å². The molecular weight excluding hydrogens is 350 g/mol. The van der Waals surface area contributed by atoms with Gasteiger partial charge in [0.15, 0.2) is 0 Å². The van der Waals surface area contributed by atoms with Gasteiger partial charge in [0.2, 0.25) is 5.91 Å². The van der Waals surface area contributed by atoms with Crippen molar-refractivity contribution in [3.63, 3.8) is 0 Å². The average molecular weight is 360 g/mol. The molecule has 1 aliphatic heterocycles. The van der Waals surface area contributed by atoms with Crippen LogP contribution in [0.25, 0.3) is 0 Å². The minimum Gasteiger partial charge on any atom is -0.312 e. The molecule has 1 fully saturated rings. The topological polar surface area (TPSA) is 54.5 Å². The van der Waals surface area contributed by atoms with Crippen LogP contribution >= 0.6 is 11.6 Å². The Bertz CT molecular complexity index is 705. The Morgan fingerprint density at radius 3 is 2.45 bits per heavy atom. The van der Waals surface area contributed by atoms with Crippen molar-refractivity contribution in [2.45, 2.75) is 12.6 Å². The third kappa shape index (κ3) is 3.89. The number of anilines is 1. The summed E-state index contributed by atoms with van der Waals surface area (Å²) in [6.07, 6.45) is -4.81. The smallest absolute Gasteiger partial charge is 0.312 e. The summed E-state index contributed by atoms with van der Waals surface area (Å²) in [5, 5.41) is -0.570. The molecule has 0 N–H and O–H groups in total. The van der Waals surface area contributed by atoms with Crippen molar-refractivity contribution in [1.29, 1.82) is 0 Å². The molecule has 1 saturated heterocycles. The standard InChI is InChI=1S/C12H10ClF4NO3S/c13-10-4-8(1-2-9(10)12(14,15)16)18-5-7(3-11(18)19)6-22(17,20)21/h1-2,4,7H,3,5-6H2. The predicted octanol–water partition coefficient (Wildman–Crippen LogP) is 3.01. The molecule has 0 aliphatic carbocycles. The number of alkyl halides is 3. The summed E-state index contributed by atoms with van der Waals surface area (Å²) in [5.74, 6) is -2.04. The van der Waals surface area contributed by atoms with Crippen LogP contribution in [0, 0.1) is 5.92 Å². The highest BCUT2D eigenvalue weighted by atomic mass is 35.5. The van der Waals surface area contributed by atoms with Gasteiger partial charge in [0.1, 0.15) is 0 Å². The predicted molar refractivity (Wildman–Crippen MR) is 71.8 cm³/mol. The molecule has 10 heteroatoms. The summed E-state index contributed by atoms with van der Waals surface area (Å²) < 4.78 is 71.7. The normalized spacial score (nSPS) is 19.8. The van der Waals surface area contributed by atoms with Gasteiger partial charge in [-0.25, -0.2) is 0 Å². The maximum Gasteiger partial charge on any atom is 0.417 e. The zero-order valence-electron chi connectivity index (χ0n) is 10.9. The van der Waals surface area contributed by atoms with Gasteiger partial charge < -0.3 is 4.90 Å². The number of carbonyl (C=O) groups is 1. The van der Waals surface area contributed by atoms with Gasteiger partial charge in [-0.15, -0.1) is 3.89 Å².